The van der Waals surface area contributed by atoms with Crippen LogP contribution in [0.3, 0.4) is 0 Å². The van der Waals surface area contributed by atoms with Gasteiger partial charge < -0.3 is 15.0 Å². The number of hydrogen-bond acceptors (Lipinski definition) is 6. The Labute approximate surface area is 169 Å². The molecule has 8 heteroatoms. The monoisotopic (exact) mass is 397 g/mol. The molecule has 0 unspecified atom stereocenters. The third-order valence-corrected chi connectivity index (χ3v) is 5.66. The molecule has 29 heavy (non-hydrogen) atoms. The highest BCUT2D eigenvalue weighted by molar-refractivity contribution is 5.95. The molecule has 0 saturated carbocycles. The van der Waals surface area contributed by atoms with E-state index in [0.717, 1.165) is 35.3 Å². The van der Waals surface area contributed by atoms with E-state index in [9.17, 15) is 9.18 Å². The molecule has 1 aromatic carbocycles. The smallest absolute Gasteiger partial charge is 0.237 e. The largest absolute Gasteiger partial charge is 0.494 e. The van der Waals surface area contributed by atoms with Crippen molar-refractivity contribution in [2.75, 3.05) is 38.6 Å². The summed E-state index contributed by atoms with van der Waals surface area (Å²) in [4.78, 5) is 20.4. The summed E-state index contributed by atoms with van der Waals surface area (Å²) in [7, 11) is 1.63. The van der Waals surface area contributed by atoms with Gasteiger partial charge in [0.05, 0.1) is 26.3 Å². The van der Waals surface area contributed by atoms with Crippen LogP contribution >= 0.6 is 0 Å². The van der Waals surface area contributed by atoms with Gasteiger partial charge in [0.2, 0.25) is 5.91 Å². The first-order chi connectivity index (χ1) is 14.1. The number of pyridine rings is 1. The number of ether oxygens (including phenoxy) is 1. The third-order valence-electron chi connectivity index (χ3n) is 5.66. The average Bonchev–Trinajstić information content (AvgIpc) is 3.34. The number of halogens is 1. The summed E-state index contributed by atoms with van der Waals surface area (Å²) in [5.74, 6) is 0.560. The number of methoxy groups -OCH3 is 1. The molecule has 0 spiro atoms. The van der Waals surface area contributed by atoms with Gasteiger partial charge in [-0.3, -0.25) is 14.7 Å². The van der Waals surface area contributed by atoms with Gasteiger partial charge in [-0.05, 0) is 30.7 Å². The number of amides is 1. The number of nitrogens with zero attached hydrogens (tertiary/aromatic N) is 4. The highest BCUT2D eigenvalue weighted by Crippen LogP contribution is 2.31. The Hall–Kier alpha value is -2.92. The molecular weight excluding hydrogens is 373 g/mol. The van der Waals surface area contributed by atoms with Crippen molar-refractivity contribution in [3.05, 3.63) is 30.5 Å². The summed E-state index contributed by atoms with van der Waals surface area (Å²) in [6.07, 6.45) is 1.65. The van der Waals surface area contributed by atoms with E-state index in [1.54, 1.807) is 13.3 Å². The fourth-order valence-electron chi connectivity index (χ4n) is 4.22. The number of carbonyl (C=O) groups is 1. The van der Waals surface area contributed by atoms with Gasteiger partial charge in [-0.25, -0.2) is 4.39 Å². The Morgan fingerprint density at radius 1 is 1.41 bits per heavy atom. The van der Waals surface area contributed by atoms with Gasteiger partial charge >= 0.3 is 0 Å². The Bertz CT molecular complexity index is 946. The van der Waals surface area contributed by atoms with E-state index >= 15 is 0 Å². The van der Waals surface area contributed by atoms with Crippen molar-refractivity contribution in [3.63, 3.8) is 0 Å². The van der Waals surface area contributed by atoms with Crippen LogP contribution in [-0.4, -0.2) is 72.2 Å². The number of carbonyl (C=O) groups excluding carboxylic acids is 1. The maximum absolute atomic E-state index is 13.6. The molecule has 1 N–H and O–H groups in total. The minimum atomic E-state index is -1.10. The highest BCUT2D eigenvalue weighted by Gasteiger charge is 2.36. The van der Waals surface area contributed by atoms with Crippen molar-refractivity contribution in [1.82, 2.24) is 14.8 Å². The number of nitrogens with one attached hydrogen (secondary N) is 1. The number of fused-ring (bicyclic) bond motifs is 1. The maximum atomic E-state index is 13.6. The zero-order valence-electron chi connectivity index (χ0n) is 16.3. The van der Waals surface area contributed by atoms with Crippen molar-refractivity contribution in [1.29, 1.82) is 5.26 Å². The molecule has 2 aliphatic rings. The van der Waals surface area contributed by atoms with Crippen molar-refractivity contribution in [2.45, 2.75) is 31.1 Å². The number of anilines is 1. The predicted molar refractivity (Wildman–Crippen MR) is 107 cm³/mol. The number of aromatic nitrogens is 1. The van der Waals surface area contributed by atoms with Crippen molar-refractivity contribution >= 4 is 22.5 Å². The first-order valence-corrected chi connectivity index (χ1v) is 9.83. The van der Waals surface area contributed by atoms with E-state index in [4.69, 9.17) is 10.00 Å². The number of likely N-dealkylation sites (tertiary alicyclic amines) is 2. The first kappa shape index (κ1) is 19.4. The van der Waals surface area contributed by atoms with Crippen LogP contribution in [0.1, 0.15) is 12.8 Å². The van der Waals surface area contributed by atoms with Crippen LogP contribution in [0.2, 0.25) is 0 Å². The van der Waals surface area contributed by atoms with Crippen LogP contribution in [0.5, 0.6) is 5.75 Å². The van der Waals surface area contributed by atoms with Crippen LogP contribution in [0, 0.1) is 11.3 Å². The topological polar surface area (TPSA) is 81.5 Å². The Morgan fingerprint density at radius 3 is 3.07 bits per heavy atom. The molecule has 0 aliphatic carbocycles. The van der Waals surface area contributed by atoms with E-state index in [2.05, 4.69) is 15.2 Å². The van der Waals surface area contributed by atoms with E-state index in [1.165, 1.54) is 4.90 Å². The third kappa shape index (κ3) is 3.96. The van der Waals surface area contributed by atoms with Crippen molar-refractivity contribution in [3.8, 4) is 11.8 Å². The quantitative estimate of drug-likeness (QED) is 0.833. The number of rotatable bonds is 5. The molecule has 7 nitrogen and oxygen atoms in total. The number of nitriles is 1. The Kier molecular flexibility index (Phi) is 5.49. The zero-order valence-corrected chi connectivity index (χ0v) is 16.3. The van der Waals surface area contributed by atoms with Gasteiger partial charge in [0.15, 0.2) is 0 Å². The standard InChI is InChI=1S/C21H24FN5O2/c1-29-19-5-4-18(17-3-2-7-24-21(17)19)25-15-6-8-26(12-15)13-20(28)27-11-14(22)9-16(27)10-23/h2-5,7,14-16,25H,6,8-9,11-13H2,1H3/t14-,15+,16-/m0/s1. The first-order valence-electron chi connectivity index (χ1n) is 9.83. The van der Waals surface area contributed by atoms with E-state index in [1.807, 2.05) is 30.3 Å². The SMILES string of the molecule is COc1ccc(N[C@@H]2CCN(CC(=O)N3C[C@@H](F)C[C@H]3C#N)C2)c2cccnc12. The van der Waals surface area contributed by atoms with Gasteiger partial charge in [0.25, 0.3) is 0 Å². The molecule has 1 amide bonds. The van der Waals surface area contributed by atoms with Gasteiger partial charge in [-0.2, -0.15) is 5.26 Å². The minimum absolute atomic E-state index is 0.0252. The predicted octanol–water partition coefficient (Wildman–Crippen LogP) is 2.19. The van der Waals surface area contributed by atoms with Crippen LogP contribution in [-0.2, 0) is 4.79 Å². The van der Waals surface area contributed by atoms with Crippen molar-refractivity contribution < 1.29 is 13.9 Å². The number of hydrogen-bond donors (Lipinski definition) is 1. The molecule has 3 atom stereocenters. The van der Waals surface area contributed by atoms with Crippen molar-refractivity contribution in [2.24, 2.45) is 0 Å². The van der Waals surface area contributed by atoms with Crippen LogP contribution < -0.4 is 10.1 Å². The summed E-state index contributed by atoms with van der Waals surface area (Å²) in [5.41, 5.74) is 1.79. The fraction of sp³-hybridized carbons (Fsp3) is 0.476. The lowest BCUT2D eigenvalue weighted by atomic mass is 10.1. The lowest BCUT2D eigenvalue weighted by Crippen LogP contribution is -2.42. The molecule has 0 radical (unpaired) electrons. The maximum Gasteiger partial charge on any atom is 0.237 e. The summed E-state index contributed by atoms with van der Waals surface area (Å²) in [6, 6.07) is 9.37. The number of benzene rings is 1. The van der Waals surface area contributed by atoms with E-state index in [-0.39, 0.29) is 31.5 Å². The highest BCUT2D eigenvalue weighted by atomic mass is 19.1. The molecule has 2 aromatic rings. The van der Waals surface area contributed by atoms with Crippen LogP contribution in [0.4, 0.5) is 10.1 Å². The lowest BCUT2D eigenvalue weighted by molar-refractivity contribution is -0.132. The second-order valence-corrected chi connectivity index (χ2v) is 7.60. The second kappa shape index (κ2) is 8.21. The molecule has 1 aromatic heterocycles. The second-order valence-electron chi connectivity index (χ2n) is 7.60. The number of alkyl halides is 1. The summed E-state index contributed by atoms with van der Waals surface area (Å²) in [6.45, 7) is 1.73. The normalized spacial score (nSPS) is 24.6. The van der Waals surface area contributed by atoms with Crippen LogP contribution in [0.25, 0.3) is 10.9 Å². The molecular formula is C21H24FN5O2. The Morgan fingerprint density at radius 2 is 2.28 bits per heavy atom. The van der Waals surface area contributed by atoms with Gasteiger partial charge in [-0.1, -0.05) is 0 Å². The van der Waals surface area contributed by atoms with Gasteiger partial charge in [0.1, 0.15) is 23.5 Å². The summed E-state index contributed by atoms with van der Waals surface area (Å²) in [5, 5.41) is 13.7. The summed E-state index contributed by atoms with van der Waals surface area (Å²) >= 11 is 0. The molecule has 2 saturated heterocycles. The molecule has 2 fully saturated rings. The molecule has 4 rings (SSSR count). The molecule has 2 aliphatic heterocycles. The fourth-order valence-corrected chi connectivity index (χ4v) is 4.22. The lowest BCUT2D eigenvalue weighted by Gasteiger charge is -2.23. The average molecular weight is 397 g/mol. The molecule has 152 valence electrons. The van der Waals surface area contributed by atoms with E-state index < -0.39 is 12.2 Å². The Balaban J connectivity index is 1.39. The molecule has 3 heterocycles. The van der Waals surface area contributed by atoms with Gasteiger partial charge in [-0.15, -0.1) is 0 Å². The van der Waals surface area contributed by atoms with Gasteiger partial charge in [0, 0.05) is 42.8 Å². The van der Waals surface area contributed by atoms with E-state index in [0.29, 0.717) is 6.54 Å². The van der Waals surface area contributed by atoms with Crippen LogP contribution in [0.15, 0.2) is 30.5 Å². The summed E-state index contributed by atoms with van der Waals surface area (Å²) < 4.78 is 19.0. The molecule has 0 bridgehead atoms. The minimum Gasteiger partial charge on any atom is -0.494 e. The zero-order chi connectivity index (χ0) is 20.4.